The van der Waals surface area contributed by atoms with Crippen molar-refractivity contribution in [3.63, 3.8) is 0 Å². The van der Waals surface area contributed by atoms with Crippen molar-refractivity contribution in [1.82, 2.24) is 24.7 Å². The Morgan fingerprint density at radius 2 is 1.90 bits per heavy atom. The third-order valence-corrected chi connectivity index (χ3v) is 5.47. The summed E-state index contributed by atoms with van der Waals surface area (Å²) in [6.45, 7) is 8.23. The molecule has 0 spiro atoms. The fourth-order valence-electron chi connectivity index (χ4n) is 3.14. The molecule has 152 valence electrons. The molecule has 0 amide bonds. The molecule has 1 N–H and O–H groups in total. The van der Waals surface area contributed by atoms with Gasteiger partial charge in [-0.05, 0) is 45.4 Å². The van der Waals surface area contributed by atoms with Gasteiger partial charge in [-0.1, -0.05) is 11.8 Å². The van der Waals surface area contributed by atoms with Crippen LogP contribution in [0.4, 0.5) is 0 Å². The molecule has 0 fully saturated rings. The number of aryl methyl sites for hydroxylation is 1. The van der Waals surface area contributed by atoms with Gasteiger partial charge in [-0.3, -0.25) is 9.78 Å². The topological polar surface area (TPSA) is 103 Å². The molecule has 0 atom stereocenters. The average Bonchev–Trinajstić information content (AvgIpc) is 3.27. The van der Waals surface area contributed by atoms with E-state index in [2.05, 4.69) is 20.2 Å². The summed E-state index contributed by atoms with van der Waals surface area (Å²) < 4.78 is 7.05. The summed E-state index contributed by atoms with van der Waals surface area (Å²) in [4.78, 5) is 32.0. The molecule has 29 heavy (non-hydrogen) atoms. The molecule has 0 saturated heterocycles. The minimum Gasteiger partial charge on any atom is -0.462 e. The Kier molecular flexibility index (Phi) is 6.48. The number of H-pyrrole nitrogens is 1. The zero-order valence-electron chi connectivity index (χ0n) is 16.9. The molecule has 0 aliphatic heterocycles. The molecule has 8 nitrogen and oxygen atoms in total. The first-order valence-corrected chi connectivity index (χ1v) is 10.3. The van der Waals surface area contributed by atoms with E-state index >= 15 is 0 Å². The Bertz CT molecular complexity index is 1030. The number of ether oxygens (including phenoxy) is 1. The van der Waals surface area contributed by atoms with Crippen LogP contribution >= 0.6 is 11.8 Å². The number of ketones is 1. The van der Waals surface area contributed by atoms with Crippen LogP contribution in [0.2, 0.25) is 0 Å². The molecule has 3 aromatic rings. The van der Waals surface area contributed by atoms with E-state index in [4.69, 9.17) is 4.74 Å². The summed E-state index contributed by atoms with van der Waals surface area (Å²) in [6, 6.07) is 3.75. The summed E-state index contributed by atoms with van der Waals surface area (Å²) >= 11 is 1.32. The van der Waals surface area contributed by atoms with Crippen LogP contribution in [0.5, 0.6) is 0 Å². The standard InChI is InChI=1S/C20H23N5O3S/c1-5-25-18(14-7-9-21-10-8-14)23-24-20(25)29-11-15(26)17-12(3)16(13(4)22-17)19(27)28-6-2/h7-10,22H,5-6,11H2,1-4H3. The van der Waals surface area contributed by atoms with Crippen molar-refractivity contribution in [2.45, 2.75) is 39.4 Å². The van der Waals surface area contributed by atoms with Gasteiger partial charge >= 0.3 is 5.97 Å². The Labute approximate surface area is 173 Å². The SMILES string of the molecule is CCOC(=O)c1c(C)[nH]c(C(=O)CSc2nnc(-c3ccncc3)n2CC)c1C. The van der Waals surface area contributed by atoms with Gasteiger partial charge in [0.05, 0.1) is 23.6 Å². The number of Topliss-reactive ketones (excluding diaryl/α,β-unsaturated/α-hetero) is 1. The van der Waals surface area contributed by atoms with Crippen molar-refractivity contribution < 1.29 is 14.3 Å². The molecule has 0 aliphatic carbocycles. The number of pyridine rings is 1. The summed E-state index contributed by atoms with van der Waals surface area (Å²) in [5, 5.41) is 9.18. The molecule has 0 bridgehead atoms. The maximum Gasteiger partial charge on any atom is 0.340 e. The highest BCUT2D eigenvalue weighted by molar-refractivity contribution is 7.99. The molecule has 3 aromatic heterocycles. The van der Waals surface area contributed by atoms with E-state index in [1.165, 1.54) is 11.8 Å². The number of carbonyl (C=O) groups is 2. The fourth-order valence-corrected chi connectivity index (χ4v) is 4.01. The van der Waals surface area contributed by atoms with Crippen LogP contribution in [0, 0.1) is 13.8 Å². The maximum atomic E-state index is 12.8. The lowest BCUT2D eigenvalue weighted by Gasteiger charge is -2.07. The lowest BCUT2D eigenvalue weighted by molar-refractivity contribution is 0.0525. The minimum atomic E-state index is -0.418. The summed E-state index contributed by atoms with van der Waals surface area (Å²) in [5.41, 5.74) is 3.02. The first-order chi connectivity index (χ1) is 14.0. The quantitative estimate of drug-likeness (QED) is 0.343. The second-order valence-electron chi connectivity index (χ2n) is 6.34. The molecule has 0 aromatic carbocycles. The molecule has 3 rings (SSSR count). The van der Waals surface area contributed by atoms with Crippen molar-refractivity contribution in [2.75, 3.05) is 12.4 Å². The highest BCUT2D eigenvalue weighted by atomic mass is 32.2. The Balaban J connectivity index is 1.78. The van der Waals surface area contributed by atoms with Gasteiger partial charge in [0, 0.05) is 30.2 Å². The molecule has 0 aliphatic rings. The lowest BCUT2D eigenvalue weighted by atomic mass is 10.1. The van der Waals surface area contributed by atoms with Crippen molar-refractivity contribution >= 4 is 23.5 Å². The van der Waals surface area contributed by atoms with Crippen LogP contribution in [0.25, 0.3) is 11.4 Å². The largest absolute Gasteiger partial charge is 0.462 e. The summed E-state index contributed by atoms with van der Waals surface area (Å²) in [7, 11) is 0. The molecular formula is C20H23N5O3S. The van der Waals surface area contributed by atoms with E-state index in [9.17, 15) is 9.59 Å². The first-order valence-electron chi connectivity index (χ1n) is 9.33. The van der Waals surface area contributed by atoms with Gasteiger partial charge in [0.25, 0.3) is 0 Å². The number of esters is 1. The van der Waals surface area contributed by atoms with Crippen LogP contribution in [0.1, 0.15) is 46.0 Å². The van der Waals surface area contributed by atoms with E-state index < -0.39 is 5.97 Å². The van der Waals surface area contributed by atoms with Crippen LogP contribution in [0.15, 0.2) is 29.7 Å². The van der Waals surface area contributed by atoms with Gasteiger partial charge in [0.1, 0.15) is 0 Å². The van der Waals surface area contributed by atoms with Crippen LogP contribution < -0.4 is 0 Å². The Morgan fingerprint density at radius 1 is 1.17 bits per heavy atom. The lowest BCUT2D eigenvalue weighted by Crippen LogP contribution is -2.09. The highest BCUT2D eigenvalue weighted by Crippen LogP contribution is 2.25. The number of hydrogen-bond donors (Lipinski definition) is 1. The molecule has 0 radical (unpaired) electrons. The van der Waals surface area contributed by atoms with Gasteiger partial charge in [-0.15, -0.1) is 10.2 Å². The van der Waals surface area contributed by atoms with Gasteiger partial charge in [-0.2, -0.15) is 0 Å². The number of nitrogens with zero attached hydrogens (tertiary/aromatic N) is 4. The first kappa shape index (κ1) is 20.8. The van der Waals surface area contributed by atoms with E-state index in [0.717, 1.165) is 11.4 Å². The van der Waals surface area contributed by atoms with E-state index in [1.807, 2.05) is 23.6 Å². The monoisotopic (exact) mass is 413 g/mol. The number of aromatic amines is 1. The Hall–Kier alpha value is -2.94. The highest BCUT2D eigenvalue weighted by Gasteiger charge is 2.23. The van der Waals surface area contributed by atoms with Crippen LogP contribution in [0.3, 0.4) is 0 Å². The fraction of sp³-hybridized carbons (Fsp3) is 0.350. The molecule has 0 saturated carbocycles. The molecule has 0 unspecified atom stereocenters. The van der Waals surface area contributed by atoms with Gasteiger partial charge in [-0.25, -0.2) is 4.79 Å². The van der Waals surface area contributed by atoms with Gasteiger partial charge in [0.2, 0.25) is 0 Å². The number of hydrogen-bond acceptors (Lipinski definition) is 7. The maximum absolute atomic E-state index is 12.8. The smallest absolute Gasteiger partial charge is 0.340 e. The minimum absolute atomic E-state index is 0.109. The normalized spacial score (nSPS) is 10.9. The van der Waals surface area contributed by atoms with E-state index in [1.54, 1.807) is 33.2 Å². The van der Waals surface area contributed by atoms with E-state index in [0.29, 0.717) is 34.2 Å². The number of carbonyl (C=O) groups excluding carboxylic acids is 2. The number of thioether (sulfide) groups is 1. The average molecular weight is 414 g/mol. The third kappa shape index (κ3) is 4.24. The van der Waals surface area contributed by atoms with Gasteiger partial charge < -0.3 is 14.3 Å². The van der Waals surface area contributed by atoms with Gasteiger partial charge in [0.15, 0.2) is 16.8 Å². The number of nitrogens with one attached hydrogen (secondary N) is 1. The molecular weight excluding hydrogens is 390 g/mol. The van der Waals surface area contributed by atoms with Crippen molar-refractivity contribution in [3.8, 4) is 11.4 Å². The molecule has 9 heteroatoms. The van der Waals surface area contributed by atoms with Crippen LogP contribution in [-0.4, -0.2) is 48.8 Å². The number of aromatic nitrogens is 5. The van der Waals surface area contributed by atoms with Crippen molar-refractivity contribution in [2.24, 2.45) is 0 Å². The van der Waals surface area contributed by atoms with Crippen molar-refractivity contribution in [3.05, 3.63) is 47.0 Å². The van der Waals surface area contributed by atoms with E-state index in [-0.39, 0.29) is 18.1 Å². The number of rotatable bonds is 8. The zero-order chi connectivity index (χ0) is 21.0. The van der Waals surface area contributed by atoms with Crippen LogP contribution in [-0.2, 0) is 11.3 Å². The predicted octanol–water partition coefficient (Wildman–Crippen LogP) is 3.46. The summed E-state index contributed by atoms with van der Waals surface area (Å²) in [6.07, 6.45) is 3.41. The second-order valence-corrected chi connectivity index (χ2v) is 7.29. The van der Waals surface area contributed by atoms with Crippen molar-refractivity contribution in [1.29, 1.82) is 0 Å². The summed E-state index contributed by atoms with van der Waals surface area (Å²) in [5.74, 6) is 0.388. The molecule has 3 heterocycles. The zero-order valence-corrected chi connectivity index (χ0v) is 17.7. The predicted molar refractivity (Wildman–Crippen MR) is 110 cm³/mol. The second kappa shape index (κ2) is 9.04. The Morgan fingerprint density at radius 3 is 2.55 bits per heavy atom. The third-order valence-electron chi connectivity index (χ3n) is 4.50.